The minimum absolute atomic E-state index is 0.0648. The fraction of sp³-hybridized carbons (Fsp3) is 0.406. The quantitative estimate of drug-likeness (QED) is 0.172. The normalized spacial score (nSPS) is 24.7. The van der Waals surface area contributed by atoms with E-state index in [1.165, 1.54) is 24.4 Å². The van der Waals surface area contributed by atoms with Gasteiger partial charge in [0.05, 0.1) is 49.5 Å². The highest BCUT2D eigenvalue weighted by molar-refractivity contribution is 7.93. The summed E-state index contributed by atoms with van der Waals surface area (Å²) in [6, 6.07) is 7.27. The van der Waals surface area contributed by atoms with E-state index in [4.69, 9.17) is 11.6 Å². The van der Waals surface area contributed by atoms with E-state index in [1.54, 1.807) is 0 Å². The van der Waals surface area contributed by atoms with Gasteiger partial charge in [0.25, 0.3) is 10.0 Å². The second-order valence-corrected chi connectivity index (χ2v) is 19.3. The van der Waals surface area contributed by atoms with Gasteiger partial charge in [-0.3, -0.25) is 4.72 Å². The molecule has 4 saturated carbocycles. The van der Waals surface area contributed by atoms with Crippen LogP contribution in [0.4, 0.5) is 42.4 Å². The molecule has 1 spiro atoms. The van der Waals surface area contributed by atoms with Crippen LogP contribution in [-0.2, 0) is 31.5 Å². The zero-order valence-corrected chi connectivity index (χ0v) is 29.6. The van der Waals surface area contributed by atoms with E-state index in [-0.39, 0.29) is 70.0 Å². The van der Waals surface area contributed by atoms with Crippen LogP contribution in [0.3, 0.4) is 0 Å². The monoisotopic (exact) mass is 807 g/mol. The summed E-state index contributed by atoms with van der Waals surface area (Å²) >= 11 is 6.92. The topological polar surface area (TPSA) is 131 Å². The highest BCUT2D eigenvalue weighted by Crippen LogP contribution is 2.79. The third-order valence-corrected chi connectivity index (χ3v) is 15.7. The van der Waals surface area contributed by atoms with Crippen LogP contribution in [0.2, 0.25) is 5.02 Å². The molecule has 0 amide bonds. The third-order valence-electron chi connectivity index (χ3n) is 10.4. The van der Waals surface area contributed by atoms with Crippen molar-refractivity contribution in [2.24, 2.45) is 10.8 Å². The molecule has 0 atom stereocenters. The molecule has 52 heavy (non-hydrogen) atoms. The van der Waals surface area contributed by atoms with Crippen LogP contribution in [0.1, 0.15) is 42.7 Å². The molecule has 2 aromatic carbocycles. The van der Waals surface area contributed by atoms with Crippen molar-refractivity contribution in [3.8, 4) is 21.8 Å². The zero-order valence-electron chi connectivity index (χ0n) is 26.4. The van der Waals surface area contributed by atoms with Gasteiger partial charge in [0.15, 0.2) is 15.7 Å². The Kier molecular flexibility index (Phi) is 7.67. The number of hydrogen-bond acceptors (Lipinski definition) is 9. The molecule has 4 aromatic rings. The number of nitrogens with zero attached hydrogens (tertiary/aromatic N) is 3. The summed E-state index contributed by atoms with van der Waals surface area (Å²) in [6.45, 7) is 0. The second-order valence-electron chi connectivity index (χ2n) is 14.2. The predicted molar refractivity (Wildman–Crippen MR) is 178 cm³/mol. The first kappa shape index (κ1) is 35.5. The minimum atomic E-state index is -5.12. The molecule has 2 bridgehead atoms. The number of nitrogens with one attached hydrogen (secondary N) is 2. The number of hydrogen-bond donors (Lipinski definition) is 2. The Morgan fingerprint density at radius 3 is 2.25 bits per heavy atom. The molecule has 0 radical (unpaired) electrons. The average Bonchev–Trinajstić information content (AvgIpc) is 3.38. The van der Waals surface area contributed by atoms with Gasteiger partial charge in [-0.25, -0.2) is 36.2 Å². The Labute approximate surface area is 301 Å². The van der Waals surface area contributed by atoms with Gasteiger partial charge in [-0.2, -0.15) is 26.3 Å². The molecule has 0 unspecified atom stereocenters. The SMILES string of the molecule is O=S1(=O)CC2(CC(Nc3nccc(-c4sc(C56CC(C(F)(F)F)(C5)C6)nc4-c4cccc(NS(=O)(=O)c5c(Cl)cccc5C(F)(F)F)c4F)n3)C2)C1. The molecule has 5 fully saturated rings. The summed E-state index contributed by atoms with van der Waals surface area (Å²) in [4.78, 5) is 12.4. The second kappa shape index (κ2) is 11.2. The lowest BCUT2D eigenvalue weighted by molar-refractivity contribution is -0.337. The van der Waals surface area contributed by atoms with Crippen LogP contribution in [-0.4, -0.2) is 55.5 Å². The highest BCUT2D eigenvalue weighted by atomic mass is 35.5. The van der Waals surface area contributed by atoms with Crippen LogP contribution < -0.4 is 10.0 Å². The predicted octanol–water partition coefficient (Wildman–Crippen LogP) is 7.85. The smallest absolute Gasteiger partial charge is 0.351 e. The minimum Gasteiger partial charge on any atom is -0.351 e. The summed E-state index contributed by atoms with van der Waals surface area (Å²) in [5.41, 5.74) is -5.40. The van der Waals surface area contributed by atoms with Crippen LogP contribution in [0.25, 0.3) is 21.8 Å². The molecule has 2 aromatic heterocycles. The fourth-order valence-electron chi connectivity index (χ4n) is 8.16. The Bertz CT molecular complexity index is 2350. The van der Waals surface area contributed by atoms with Crippen molar-refractivity contribution in [1.29, 1.82) is 0 Å². The van der Waals surface area contributed by atoms with Gasteiger partial charge in [0, 0.05) is 28.6 Å². The Balaban J connectivity index is 1.15. The molecule has 3 heterocycles. The Morgan fingerprint density at radius 2 is 1.62 bits per heavy atom. The number of rotatable bonds is 8. The largest absolute Gasteiger partial charge is 0.417 e. The van der Waals surface area contributed by atoms with E-state index in [1.807, 2.05) is 4.72 Å². The van der Waals surface area contributed by atoms with E-state index in [0.29, 0.717) is 23.9 Å². The summed E-state index contributed by atoms with van der Waals surface area (Å²) in [7, 11) is -8.15. The van der Waals surface area contributed by atoms with Gasteiger partial charge in [-0.1, -0.05) is 23.7 Å². The number of aromatic nitrogens is 3. The van der Waals surface area contributed by atoms with E-state index in [2.05, 4.69) is 20.3 Å². The maximum atomic E-state index is 16.4. The van der Waals surface area contributed by atoms with Crippen molar-refractivity contribution in [3.63, 3.8) is 0 Å². The third kappa shape index (κ3) is 5.64. The molecule has 9 nitrogen and oxygen atoms in total. The van der Waals surface area contributed by atoms with Crippen molar-refractivity contribution in [3.05, 3.63) is 70.1 Å². The van der Waals surface area contributed by atoms with E-state index >= 15 is 4.39 Å². The first-order valence-corrected chi connectivity index (χ1v) is 20.2. The number of alkyl halides is 6. The van der Waals surface area contributed by atoms with Gasteiger partial charge in [0.2, 0.25) is 5.95 Å². The number of anilines is 2. The molecule has 2 N–H and O–H groups in total. The van der Waals surface area contributed by atoms with Gasteiger partial charge in [-0.05, 0) is 62.4 Å². The molecule has 5 aliphatic rings. The highest BCUT2D eigenvalue weighted by Gasteiger charge is 2.79. The van der Waals surface area contributed by atoms with Crippen LogP contribution in [0.15, 0.2) is 53.6 Å². The lowest BCUT2D eigenvalue weighted by Crippen LogP contribution is -2.70. The van der Waals surface area contributed by atoms with Crippen molar-refractivity contribution < 1.29 is 47.6 Å². The van der Waals surface area contributed by atoms with Crippen molar-refractivity contribution in [2.45, 2.75) is 60.8 Å². The van der Waals surface area contributed by atoms with Gasteiger partial charge < -0.3 is 5.32 Å². The zero-order chi connectivity index (χ0) is 37.3. The van der Waals surface area contributed by atoms with E-state index < -0.39 is 70.0 Å². The Morgan fingerprint density at radius 1 is 0.942 bits per heavy atom. The summed E-state index contributed by atoms with van der Waals surface area (Å²) in [5, 5.41) is 2.73. The van der Waals surface area contributed by atoms with E-state index in [9.17, 15) is 43.2 Å². The average molecular weight is 808 g/mol. The maximum absolute atomic E-state index is 16.4. The molecular weight excluding hydrogens is 783 g/mol. The van der Waals surface area contributed by atoms with E-state index in [0.717, 1.165) is 29.5 Å². The lowest BCUT2D eigenvalue weighted by Gasteiger charge is -2.69. The van der Waals surface area contributed by atoms with Crippen molar-refractivity contribution in [2.75, 3.05) is 21.5 Å². The molecular formula is C32H25ClF7N5O4S3. The standard InChI is InChI=1S/C32H25ClF7N5O4S3/c33-19-5-2-4-18(31(35,36)37)25(19)52(48,49)45-20-6-1-3-17(22(20)34)23-24(50-26(44-23)29-11-30(12-29,13-29)32(38,39)40)21-7-8-41-27(43-21)42-16-9-28(10-16)14-51(46,47)15-28/h1-8,16,45H,9-15H2,(H,41,42,43). The first-order valence-electron chi connectivity index (χ1n) is 15.7. The molecule has 1 saturated heterocycles. The van der Waals surface area contributed by atoms with Gasteiger partial charge >= 0.3 is 12.4 Å². The fourth-order valence-corrected chi connectivity index (χ4v) is 13.5. The summed E-state index contributed by atoms with van der Waals surface area (Å²) in [5.74, 6) is -0.806. The van der Waals surface area contributed by atoms with Crippen molar-refractivity contribution in [1.82, 2.24) is 15.0 Å². The summed E-state index contributed by atoms with van der Waals surface area (Å²) in [6.07, 6.45) is -7.53. The number of sulfonamides is 1. The number of benzene rings is 2. The van der Waals surface area contributed by atoms with Crippen LogP contribution in [0.5, 0.6) is 0 Å². The molecule has 4 aliphatic carbocycles. The lowest BCUT2D eigenvalue weighted by atomic mass is 9.35. The number of thiazole rings is 1. The molecule has 1 aliphatic heterocycles. The van der Waals surface area contributed by atoms with Crippen molar-refractivity contribution >= 4 is 54.4 Å². The number of sulfone groups is 1. The molecule has 276 valence electrons. The number of halogens is 8. The van der Waals surface area contributed by atoms with Crippen LogP contribution in [0, 0.1) is 16.6 Å². The molecule has 20 heteroatoms. The van der Waals surface area contributed by atoms with Gasteiger partial charge in [-0.15, -0.1) is 11.3 Å². The van der Waals surface area contributed by atoms with Crippen LogP contribution >= 0.6 is 22.9 Å². The molecule has 9 rings (SSSR count). The Hall–Kier alpha value is -3.55. The maximum Gasteiger partial charge on any atom is 0.417 e. The van der Waals surface area contributed by atoms with Gasteiger partial charge in [0.1, 0.15) is 9.90 Å². The summed E-state index contributed by atoms with van der Waals surface area (Å²) < 4.78 is 151. The first-order chi connectivity index (χ1) is 24.1.